The first-order valence-electron chi connectivity index (χ1n) is 8.62. The maximum Gasteiger partial charge on any atom is 0.325 e. The fourth-order valence-corrected chi connectivity index (χ4v) is 3.34. The summed E-state index contributed by atoms with van der Waals surface area (Å²) in [7, 11) is 0. The van der Waals surface area contributed by atoms with Crippen LogP contribution in [-0.4, -0.2) is 49.8 Å². The van der Waals surface area contributed by atoms with Crippen molar-refractivity contribution in [1.29, 1.82) is 0 Å². The number of anilines is 1. The molecule has 9 heteroatoms. The fourth-order valence-electron chi connectivity index (χ4n) is 3.34. The lowest BCUT2D eigenvalue weighted by Crippen LogP contribution is -2.20. The minimum atomic E-state index is -1.05. The Hall–Kier alpha value is -3.49. The molecule has 1 aliphatic heterocycles. The third kappa shape index (κ3) is 3.19. The first-order chi connectivity index (χ1) is 13.0. The monoisotopic (exact) mass is 366 g/mol. The van der Waals surface area contributed by atoms with E-state index < -0.39 is 11.9 Å². The third-order valence-electron chi connectivity index (χ3n) is 4.63. The summed E-state index contributed by atoms with van der Waals surface area (Å²) in [5.74, 6) is -1.04. The molecule has 0 aliphatic carbocycles. The van der Waals surface area contributed by atoms with Crippen molar-refractivity contribution in [3.8, 4) is 11.1 Å². The number of rotatable bonds is 5. The van der Waals surface area contributed by atoms with Crippen LogP contribution in [0, 0.1) is 0 Å². The van der Waals surface area contributed by atoms with Crippen LogP contribution in [0.15, 0.2) is 30.6 Å². The van der Waals surface area contributed by atoms with Crippen LogP contribution in [0.1, 0.15) is 23.3 Å². The molecule has 4 rings (SSSR count). The number of benzene rings is 1. The van der Waals surface area contributed by atoms with Gasteiger partial charge < -0.3 is 15.7 Å². The highest BCUT2D eigenvalue weighted by Crippen LogP contribution is 2.27. The van der Waals surface area contributed by atoms with E-state index >= 15 is 0 Å². The van der Waals surface area contributed by atoms with E-state index in [9.17, 15) is 9.59 Å². The van der Waals surface area contributed by atoms with Gasteiger partial charge in [-0.25, -0.2) is 9.97 Å². The molecule has 9 nitrogen and oxygen atoms in total. The van der Waals surface area contributed by atoms with Crippen LogP contribution >= 0.6 is 0 Å². The molecule has 138 valence electrons. The zero-order chi connectivity index (χ0) is 19.0. The Balaban J connectivity index is 1.73. The van der Waals surface area contributed by atoms with Crippen molar-refractivity contribution in [2.45, 2.75) is 19.4 Å². The topological polar surface area (TPSA) is 127 Å². The van der Waals surface area contributed by atoms with Crippen LogP contribution in [-0.2, 0) is 11.3 Å². The standard InChI is InChI=1S/C18H18N6O3/c19-17(27)16-13-7-11(3-4-14(13)24(22-16)10-15(25)26)12-8-20-18(21-9-12)23-5-1-2-6-23/h3-4,7-9H,1-2,5-6,10H2,(H2,19,27)(H,25,26). The van der Waals surface area contributed by atoms with Crippen molar-refractivity contribution in [2.75, 3.05) is 18.0 Å². The smallest absolute Gasteiger partial charge is 0.325 e. The minimum Gasteiger partial charge on any atom is -0.480 e. The molecule has 1 aromatic carbocycles. The van der Waals surface area contributed by atoms with E-state index in [1.54, 1.807) is 24.5 Å². The molecule has 1 aliphatic rings. The van der Waals surface area contributed by atoms with Gasteiger partial charge in [-0.3, -0.25) is 14.3 Å². The molecule has 0 atom stereocenters. The molecule has 1 fully saturated rings. The van der Waals surface area contributed by atoms with Crippen molar-refractivity contribution in [3.63, 3.8) is 0 Å². The second-order valence-electron chi connectivity index (χ2n) is 6.46. The molecule has 0 unspecified atom stereocenters. The third-order valence-corrected chi connectivity index (χ3v) is 4.63. The van der Waals surface area contributed by atoms with E-state index in [4.69, 9.17) is 10.8 Å². The average molecular weight is 366 g/mol. The summed E-state index contributed by atoms with van der Waals surface area (Å²) in [5.41, 5.74) is 7.58. The Kier molecular flexibility index (Phi) is 4.19. The van der Waals surface area contributed by atoms with E-state index in [0.29, 0.717) is 16.9 Å². The maximum atomic E-state index is 11.7. The van der Waals surface area contributed by atoms with Crippen molar-refractivity contribution < 1.29 is 14.7 Å². The normalized spacial score (nSPS) is 14.0. The molecule has 1 saturated heterocycles. The number of hydrogen-bond donors (Lipinski definition) is 2. The van der Waals surface area contributed by atoms with Gasteiger partial charge in [0.05, 0.1) is 5.52 Å². The summed E-state index contributed by atoms with van der Waals surface area (Å²) in [6, 6.07) is 5.30. The number of primary amides is 1. The summed E-state index contributed by atoms with van der Waals surface area (Å²) in [5, 5.41) is 13.6. The number of carbonyl (C=O) groups is 2. The SMILES string of the molecule is NC(=O)c1nn(CC(=O)O)c2ccc(-c3cnc(N4CCCC4)nc3)cc12. The van der Waals surface area contributed by atoms with E-state index in [1.165, 1.54) is 4.68 Å². The van der Waals surface area contributed by atoms with Gasteiger partial charge in [0.2, 0.25) is 5.95 Å². The molecule has 3 N–H and O–H groups in total. The largest absolute Gasteiger partial charge is 0.480 e. The molecule has 0 radical (unpaired) electrons. The highest BCUT2D eigenvalue weighted by molar-refractivity contribution is 6.05. The van der Waals surface area contributed by atoms with Gasteiger partial charge in [-0.1, -0.05) is 6.07 Å². The molecule has 3 aromatic rings. The van der Waals surface area contributed by atoms with Crippen molar-refractivity contribution in [1.82, 2.24) is 19.7 Å². The Morgan fingerprint density at radius 3 is 2.44 bits per heavy atom. The van der Waals surface area contributed by atoms with Gasteiger partial charge >= 0.3 is 5.97 Å². The van der Waals surface area contributed by atoms with Gasteiger partial charge in [0, 0.05) is 36.4 Å². The molecule has 0 spiro atoms. The van der Waals surface area contributed by atoms with E-state index in [-0.39, 0.29) is 12.2 Å². The molecule has 2 aromatic heterocycles. The van der Waals surface area contributed by atoms with E-state index in [0.717, 1.165) is 37.1 Å². The van der Waals surface area contributed by atoms with Gasteiger partial charge in [-0.05, 0) is 30.5 Å². The lowest BCUT2D eigenvalue weighted by atomic mass is 10.1. The van der Waals surface area contributed by atoms with E-state index in [1.807, 2.05) is 6.07 Å². The Morgan fingerprint density at radius 1 is 1.11 bits per heavy atom. The average Bonchev–Trinajstić information content (AvgIpc) is 3.30. The molecule has 0 bridgehead atoms. The predicted octanol–water partition coefficient (Wildman–Crippen LogP) is 1.28. The van der Waals surface area contributed by atoms with Crippen LogP contribution in [0.3, 0.4) is 0 Å². The number of carbonyl (C=O) groups excluding carboxylic acids is 1. The molecule has 3 heterocycles. The Bertz CT molecular complexity index is 1020. The summed E-state index contributed by atoms with van der Waals surface area (Å²) in [4.78, 5) is 33.8. The maximum absolute atomic E-state index is 11.7. The molecule has 0 saturated carbocycles. The van der Waals surface area contributed by atoms with Crippen molar-refractivity contribution >= 4 is 28.7 Å². The minimum absolute atomic E-state index is 0.0442. The Morgan fingerprint density at radius 2 is 1.81 bits per heavy atom. The van der Waals surface area contributed by atoms with Gasteiger partial charge in [0.1, 0.15) is 6.54 Å². The first-order valence-corrected chi connectivity index (χ1v) is 8.62. The zero-order valence-electron chi connectivity index (χ0n) is 14.5. The number of hydrogen-bond acceptors (Lipinski definition) is 6. The van der Waals surface area contributed by atoms with Gasteiger partial charge in [0.15, 0.2) is 5.69 Å². The summed E-state index contributed by atoms with van der Waals surface area (Å²) in [6.07, 6.45) is 5.79. The molecule has 1 amide bonds. The number of aliphatic carboxylic acids is 1. The lowest BCUT2D eigenvalue weighted by Gasteiger charge is -2.14. The number of fused-ring (bicyclic) bond motifs is 1. The van der Waals surface area contributed by atoms with Gasteiger partial charge in [-0.2, -0.15) is 5.10 Å². The van der Waals surface area contributed by atoms with Crippen molar-refractivity contribution in [3.05, 3.63) is 36.3 Å². The van der Waals surface area contributed by atoms with Crippen LogP contribution in [0.5, 0.6) is 0 Å². The van der Waals surface area contributed by atoms with Crippen LogP contribution in [0.2, 0.25) is 0 Å². The highest BCUT2D eigenvalue weighted by atomic mass is 16.4. The number of carboxylic acids is 1. The molecular weight excluding hydrogens is 348 g/mol. The molecular formula is C18H18N6O3. The lowest BCUT2D eigenvalue weighted by molar-refractivity contribution is -0.137. The first kappa shape index (κ1) is 17.0. The quantitative estimate of drug-likeness (QED) is 0.696. The Labute approximate surface area is 154 Å². The summed E-state index contributed by atoms with van der Waals surface area (Å²) >= 11 is 0. The van der Waals surface area contributed by atoms with E-state index in [2.05, 4.69) is 20.0 Å². The zero-order valence-corrected chi connectivity index (χ0v) is 14.5. The van der Waals surface area contributed by atoms with Gasteiger partial charge in [-0.15, -0.1) is 0 Å². The second kappa shape index (κ2) is 6.67. The number of aromatic nitrogens is 4. The number of amides is 1. The summed E-state index contributed by atoms with van der Waals surface area (Å²) < 4.78 is 1.26. The summed E-state index contributed by atoms with van der Waals surface area (Å²) in [6.45, 7) is 1.59. The van der Waals surface area contributed by atoms with Crippen LogP contribution < -0.4 is 10.6 Å². The fraction of sp³-hybridized carbons (Fsp3) is 0.278. The number of nitrogens with zero attached hydrogens (tertiary/aromatic N) is 5. The predicted molar refractivity (Wildman–Crippen MR) is 98.4 cm³/mol. The highest BCUT2D eigenvalue weighted by Gasteiger charge is 2.18. The van der Waals surface area contributed by atoms with Gasteiger partial charge in [0.25, 0.3) is 5.91 Å². The number of nitrogens with two attached hydrogens (primary N) is 1. The molecule has 27 heavy (non-hydrogen) atoms. The van der Waals surface area contributed by atoms with Crippen LogP contribution in [0.4, 0.5) is 5.95 Å². The number of carboxylic acid groups (broad SMARTS) is 1. The van der Waals surface area contributed by atoms with Crippen LogP contribution in [0.25, 0.3) is 22.0 Å². The van der Waals surface area contributed by atoms with Crippen molar-refractivity contribution in [2.24, 2.45) is 5.73 Å². The second-order valence-corrected chi connectivity index (χ2v) is 6.46.